The minimum absolute atomic E-state index is 0.0549. The maximum atomic E-state index is 12.1. The average molecular weight is 274 g/mol. The Morgan fingerprint density at radius 1 is 1.32 bits per heavy atom. The highest BCUT2D eigenvalue weighted by molar-refractivity contribution is 7.14. The third-order valence-electron chi connectivity index (χ3n) is 3.59. The van der Waals surface area contributed by atoms with Gasteiger partial charge in [0.15, 0.2) is 0 Å². The molecule has 2 N–H and O–H groups in total. The predicted octanol–water partition coefficient (Wildman–Crippen LogP) is 3.28. The summed E-state index contributed by atoms with van der Waals surface area (Å²) in [4.78, 5) is 17.4. The number of aromatic amines is 1. The molecule has 4 heteroatoms. The smallest absolute Gasteiger partial charge is 0.261 e. The van der Waals surface area contributed by atoms with Crippen LogP contribution in [0.5, 0.6) is 0 Å². The molecule has 3 rings (SSSR count). The van der Waals surface area contributed by atoms with Gasteiger partial charge in [0.25, 0.3) is 5.91 Å². The number of carbonyl (C=O) groups excluding carboxylic acids is 1. The van der Waals surface area contributed by atoms with E-state index in [2.05, 4.69) is 16.4 Å². The van der Waals surface area contributed by atoms with E-state index < -0.39 is 0 Å². The molecule has 2 aromatic rings. The molecule has 0 spiro atoms. The molecule has 2 heterocycles. The maximum absolute atomic E-state index is 12.1. The van der Waals surface area contributed by atoms with E-state index in [9.17, 15) is 4.79 Å². The summed E-state index contributed by atoms with van der Waals surface area (Å²) in [5.41, 5.74) is 2.50. The second-order valence-corrected chi connectivity index (χ2v) is 6.16. The average Bonchev–Trinajstić information content (AvgIpc) is 3.02. The van der Waals surface area contributed by atoms with Crippen molar-refractivity contribution in [2.45, 2.75) is 38.6 Å². The minimum atomic E-state index is 0.0549. The molecule has 1 aliphatic carbocycles. The Balaban J connectivity index is 1.66. The van der Waals surface area contributed by atoms with Crippen molar-refractivity contribution in [1.29, 1.82) is 0 Å². The number of nitrogens with one attached hydrogen (secondary N) is 2. The Kier molecular flexibility index (Phi) is 3.69. The molecular weight excluding hydrogens is 256 g/mol. The summed E-state index contributed by atoms with van der Waals surface area (Å²) >= 11 is 1.67. The standard InChI is InChI=1S/C15H18N2OS/c18-15(17-10-11-6-7-16-9-11)14-8-12-4-2-1-3-5-13(12)19-14/h6-9,16H,1-5,10H2,(H,17,18). The van der Waals surface area contributed by atoms with Crippen molar-refractivity contribution in [1.82, 2.24) is 10.3 Å². The fourth-order valence-electron chi connectivity index (χ4n) is 2.52. The molecule has 0 bridgehead atoms. The zero-order valence-electron chi connectivity index (χ0n) is 10.9. The molecule has 1 amide bonds. The molecule has 1 aliphatic rings. The number of amides is 1. The molecule has 19 heavy (non-hydrogen) atoms. The molecule has 0 fully saturated rings. The van der Waals surface area contributed by atoms with Gasteiger partial charge in [0.2, 0.25) is 0 Å². The van der Waals surface area contributed by atoms with Crippen LogP contribution in [-0.4, -0.2) is 10.9 Å². The monoisotopic (exact) mass is 274 g/mol. The number of aromatic nitrogens is 1. The second-order valence-electron chi connectivity index (χ2n) is 5.02. The first-order valence-electron chi connectivity index (χ1n) is 6.84. The highest BCUT2D eigenvalue weighted by Crippen LogP contribution is 2.28. The first-order chi connectivity index (χ1) is 9.33. The van der Waals surface area contributed by atoms with Crippen LogP contribution in [0.2, 0.25) is 0 Å². The van der Waals surface area contributed by atoms with Crippen molar-refractivity contribution in [2.24, 2.45) is 0 Å². The Hall–Kier alpha value is -1.55. The van der Waals surface area contributed by atoms with Crippen LogP contribution >= 0.6 is 11.3 Å². The van der Waals surface area contributed by atoms with Crippen molar-refractivity contribution in [3.05, 3.63) is 45.4 Å². The molecular formula is C15H18N2OS. The number of thiophene rings is 1. The SMILES string of the molecule is O=C(NCc1cc[nH]c1)c1cc2c(s1)CCCCC2. The molecule has 0 radical (unpaired) electrons. The van der Waals surface area contributed by atoms with E-state index in [0.29, 0.717) is 6.54 Å². The lowest BCUT2D eigenvalue weighted by Crippen LogP contribution is -2.21. The van der Waals surface area contributed by atoms with Crippen molar-refractivity contribution in [3.8, 4) is 0 Å². The van der Waals surface area contributed by atoms with E-state index in [-0.39, 0.29) is 5.91 Å². The van der Waals surface area contributed by atoms with Gasteiger partial charge in [0.1, 0.15) is 0 Å². The quantitative estimate of drug-likeness (QED) is 0.829. The fourth-order valence-corrected chi connectivity index (χ4v) is 3.69. The highest BCUT2D eigenvalue weighted by atomic mass is 32.1. The molecule has 0 saturated heterocycles. The summed E-state index contributed by atoms with van der Waals surface area (Å²) in [6.07, 6.45) is 9.89. The van der Waals surface area contributed by atoms with Crippen LogP contribution in [0.4, 0.5) is 0 Å². The Labute approximate surface area is 117 Å². The lowest BCUT2D eigenvalue weighted by atomic mass is 10.1. The Bertz CT molecular complexity index is 533. The third kappa shape index (κ3) is 2.89. The zero-order chi connectivity index (χ0) is 13.1. The van der Waals surface area contributed by atoms with Crippen LogP contribution in [0.25, 0.3) is 0 Å². The van der Waals surface area contributed by atoms with Crippen LogP contribution in [0.1, 0.15) is 44.9 Å². The van der Waals surface area contributed by atoms with Crippen LogP contribution in [-0.2, 0) is 19.4 Å². The van der Waals surface area contributed by atoms with E-state index in [1.165, 1.54) is 29.7 Å². The first-order valence-corrected chi connectivity index (χ1v) is 7.66. The molecule has 2 aromatic heterocycles. The van der Waals surface area contributed by atoms with E-state index in [1.807, 2.05) is 18.5 Å². The first kappa shape index (κ1) is 12.5. The summed E-state index contributed by atoms with van der Waals surface area (Å²) in [6.45, 7) is 0.588. The van der Waals surface area contributed by atoms with Gasteiger partial charge in [-0.15, -0.1) is 11.3 Å². The summed E-state index contributed by atoms with van der Waals surface area (Å²) in [5.74, 6) is 0.0549. The second kappa shape index (κ2) is 5.61. The van der Waals surface area contributed by atoms with Gasteiger partial charge >= 0.3 is 0 Å². The van der Waals surface area contributed by atoms with E-state index in [1.54, 1.807) is 11.3 Å². The van der Waals surface area contributed by atoms with Gasteiger partial charge in [0.05, 0.1) is 4.88 Å². The fraction of sp³-hybridized carbons (Fsp3) is 0.400. The van der Waals surface area contributed by atoms with Gasteiger partial charge in [-0.1, -0.05) is 6.42 Å². The van der Waals surface area contributed by atoms with Gasteiger partial charge in [0, 0.05) is 23.8 Å². The van der Waals surface area contributed by atoms with Crippen LogP contribution in [0.15, 0.2) is 24.5 Å². The number of carbonyl (C=O) groups is 1. The van der Waals surface area contributed by atoms with Crippen LogP contribution in [0, 0.1) is 0 Å². The van der Waals surface area contributed by atoms with Crippen LogP contribution in [0.3, 0.4) is 0 Å². The number of hydrogen-bond acceptors (Lipinski definition) is 2. The molecule has 0 aliphatic heterocycles. The third-order valence-corrected chi connectivity index (χ3v) is 4.82. The molecule has 0 aromatic carbocycles. The molecule has 100 valence electrons. The predicted molar refractivity (Wildman–Crippen MR) is 77.5 cm³/mol. The lowest BCUT2D eigenvalue weighted by molar-refractivity contribution is 0.0955. The van der Waals surface area contributed by atoms with Gasteiger partial charge in [-0.2, -0.15) is 0 Å². The molecule has 3 nitrogen and oxygen atoms in total. The lowest BCUT2D eigenvalue weighted by Gasteiger charge is -2.01. The largest absolute Gasteiger partial charge is 0.367 e. The number of fused-ring (bicyclic) bond motifs is 1. The maximum Gasteiger partial charge on any atom is 0.261 e. The zero-order valence-corrected chi connectivity index (χ0v) is 11.7. The van der Waals surface area contributed by atoms with Gasteiger partial charge < -0.3 is 10.3 Å². The molecule has 0 atom stereocenters. The number of rotatable bonds is 3. The van der Waals surface area contributed by atoms with Gasteiger partial charge in [-0.05, 0) is 48.9 Å². The topological polar surface area (TPSA) is 44.9 Å². The number of hydrogen-bond donors (Lipinski definition) is 2. The molecule has 0 unspecified atom stereocenters. The van der Waals surface area contributed by atoms with Crippen molar-refractivity contribution < 1.29 is 4.79 Å². The number of H-pyrrole nitrogens is 1. The van der Waals surface area contributed by atoms with Gasteiger partial charge in [-0.25, -0.2) is 0 Å². The summed E-state index contributed by atoms with van der Waals surface area (Å²) in [6, 6.07) is 4.07. The Morgan fingerprint density at radius 3 is 3.05 bits per heavy atom. The number of aryl methyl sites for hydroxylation is 2. The highest BCUT2D eigenvalue weighted by Gasteiger charge is 2.16. The van der Waals surface area contributed by atoms with Crippen molar-refractivity contribution in [2.75, 3.05) is 0 Å². The van der Waals surface area contributed by atoms with E-state index >= 15 is 0 Å². The van der Waals surface area contributed by atoms with Crippen molar-refractivity contribution in [3.63, 3.8) is 0 Å². The van der Waals surface area contributed by atoms with Crippen LogP contribution < -0.4 is 5.32 Å². The minimum Gasteiger partial charge on any atom is -0.367 e. The normalized spacial score (nSPS) is 14.7. The summed E-state index contributed by atoms with van der Waals surface area (Å²) in [5, 5.41) is 2.98. The van der Waals surface area contributed by atoms with Gasteiger partial charge in [-0.3, -0.25) is 4.79 Å². The molecule has 0 saturated carbocycles. The summed E-state index contributed by atoms with van der Waals surface area (Å²) < 4.78 is 0. The van der Waals surface area contributed by atoms with E-state index in [4.69, 9.17) is 0 Å². The summed E-state index contributed by atoms with van der Waals surface area (Å²) in [7, 11) is 0. The van der Waals surface area contributed by atoms with E-state index in [0.717, 1.165) is 23.3 Å². The van der Waals surface area contributed by atoms with Crippen molar-refractivity contribution >= 4 is 17.2 Å². The Morgan fingerprint density at radius 2 is 2.21 bits per heavy atom.